The molecule has 1 aromatic carbocycles. The van der Waals surface area contributed by atoms with Crippen molar-refractivity contribution in [2.45, 2.75) is 46.5 Å². The molecule has 0 aliphatic carbocycles. The van der Waals surface area contributed by atoms with Crippen LogP contribution >= 0.6 is 0 Å². The summed E-state index contributed by atoms with van der Waals surface area (Å²) in [5, 5.41) is 3.01. The van der Waals surface area contributed by atoms with Crippen molar-refractivity contribution in [2.24, 2.45) is 0 Å². The second kappa shape index (κ2) is 7.51. The van der Waals surface area contributed by atoms with Gasteiger partial charge in [0.05, 0.1) is 5.69 Å². The average molecular weight is 335 g/mol. The largest absolute Gasteiger partial charge is 0.321 e. The number of anilines is 1. The molecule has 0 bridgehead atoms. The molecular weight excluding hydrogens is 310 g/mol. The van der Waals surface area contributed by atoms with Gasteiger partial charge in [-0.15, -0.1) is 0 Å². The summed E-state index contributed by atoms with van der Waals surface area (Å²) < 4.78 is 1.89. The highest BCUT2D eigenvalue weighted by Crippen LogP contribution is 2.18. The number of fused-ring (bicyclic) bond motifs is 1. The summed E-state index contributed by atoms with van der Waals surface area (Å²) in [7, 11) is 0. The first-order chi connectivity index (χ1) is 12.1. The van der Waals surface area contributed by atoms with Crippen LogP contribution in [0, 0.1) is 6.92 Å². The molecule has 0 atom stereocenters. The van der Waals surface area contributed by atoms with Gasteiger partial charge in [0.1, 0.15) is 11.3 Å². The fourth-order valence-electron chi connectivity index (χ4n) is 3.01. The van der Waals surface area contributed by atoms with Crippen molar-refractivity contribution < 1.29 is 4.79 Å². The van der Waals surface area contributed by atoms with Gasteiger partial charge in [-0.05, 0) is 55.5 Å². The maximum absolute atomic E-state index is 12.9. The maximum Gasteiger partial charge on any atom is 0.274 e. The van der Waals surface area contributed by atoms with Crippen molar-refractivity contribution in [3.05, 3.63) is 65.1 Å². The van der Waals surface area contributed by atoms with Crippen molar-refractivity contribution in [3.8, 4) is 0 Å². The molecule has 1 N–H and O–H groups in total. The van der Waals surface area contributed by atoms with Gasteiger partial charge in [0.25, 0.3) is 5.91 Å². The first-order valence-corrected chi connectivity index (χ1v) is 9.00. The zero-order chi connectivity index (χ0) is 17.8. The summed E-state index contributed by atoms with van der Waals surface area (Å²) >= 11 is 0. The van der Waals surface area contributed by atoms with E-state index < -0.39 is 0 Å². The van der Waals surface area contributed by atoms with Gasteiger partial charge in [0, 0.05) is 11.9 Å². The number of carbonyl (C=O) groups excluding carboxylic acids is 1. The van der Waals surface area contributed by atoms with Crippen LogP contribution in [0.4, 0.5) is 5.69 Å². The van der Waals surface area contributed by atoms with Gasteiger partial charge in [-0.25, -0.2) is 4.98 Å². The Morgan fingerprint density at radius 1 is 1.12 bits per heavy atom. The van der Waals surface area contributed by atoms with Crippen LogP contribution in [0.25, 0.3) is 5.65 Å². The molecule has 3 aromatic rings. The van der Waals surface area contributed by atoms with Crippen molar-refractivity contribution in [2.75, 3.05) is 5.32 Å². The quantitative estimate of drug-likeness (QED) is 0.703. The van der Waals surface area contributed by atoms with Crippen LogP contribution in [0.3, 0.4) is 0 Å². The van der Waals surface area contributed by atoms with Crippen molar-refractivity contribution in [3.63, 3.8) is 0 Å². The zero-order valence-corrected chi connectivity index (χ0v) is 15.2. The van der Waals surface area contributed by atoms with Gasteiger partial charge in [0.15, 0.2) is 0 Å². The smallest absolute Gasteiger partial charge is 0.274 e. The summed E-state index contributed by atoms with van der Waals surface area (Å²) in [6.07, 6.45) is 6.14. The predicted molar refractivity (Wildman–Crippen MR) is 102 cm³/mol. The third-order valence-corrected chi connectivity index (χ3v) is 4.42. The normalized spacial score (nSPS) is 11.0. The van der Waals surface area contributed by atoms with Crippen LogP contribution in [-0.2, 0) is 12.8 Å². The summed E-state index contributed by atoms with van der Waals surface area (Å²) in [5.74, 6) is -0.115. The van der Waals surface area contributed by atoms with Gasteiger partial charge >= 0.3 is 0 Å². The van der Waals surface area contributed by atoms with Gasteiger partial charge in [-0.3, -0.25) is 9.20 Å². The molecule has 3 rings (SSSR count). The number of aryl methyl sites for hydroxylation is 3. The average Bonchev–Trinajstić information content (AvgIpc) is 2.99. The van der Waals surface area contributed by atoms with Crippen LogP contribution in [0.2, 0.25) is 0 Å². The van der Waals surface area contributed by atoms with Crippen LogP contribution in [0.5, 0.6) is 0 Å². The zero-order valence-electron chi connectivity index (χ0n) is 15.2. The third kappa shape index (κ3) is 3.73. The van der Waals surface area contributed by atoms with Crippen LogP contribution < -0.4 is 5.32 Å². The molecule has 0 unspecified atom stereocenters. The van der Waals surface area contributed by atoms with E-state index in [0.717, 1.165) is 35.4 Å². The molecule has 0 aliphatic heterocycles. The number of nitrogens with one attached hydrogen (secondary N) is 1. The Labute approximate surface area is 148 Å². The maximum atomic E-state index is 12.9. The molecule has 2 heterocycles. The topological polar surface area (TPSA) is 46.4 Å². The fraction of sp³-hybridized carbons (Fsp3) is 0.333. The molecule has 0 radical (unpaired) electrons. The number of pyridine rings is 1. The van der Waals surface area contributed by atoms with E-state index in [0.29, 0.717) is 5.69 Å². The second-order valence-corrected chi connectivity index (χ2v) is 6.45. The highest BCUT2D eigenvalue weighted by molar-refractivity contribution is 6.04. The Kier molecular flexibility index (Phi) is 5.17. The molecule has 25 heavy (non-hydrogen) atoms. The second-order valence-electron chi connectivity index (χ2n) is 6.45. The lowest BCUT2D eigenvalue weighted by molar-refractivity contribution is 0.102. The Morgan fingerprint density at radius 2 is 1.88 bits per heavy atom. The van der Waals surface area contributed by atoms with Crippen LogP contribution in [0.1, 0.15) is 54.0 Å². The molecule has 4 heteroatoms. The lowest BCUT2D eigenvalue weighted by Crippen LogP contribution is -2.16. The summed E-state index contributed by atoms with van der Waals surface area (Å²) in [6, 6.07) is 12.1. The number of hydrogen-bond acceptors (Lipinski definition) is 2. The monoisotopic (exact) mass is 335 g/mol. The van der Waals surface area contributed by atoms with E-state index in [1.807, 2.05) is 48.7 Å². The number of unbranched alkanes of at least 4 members (excludes halogenated alkanes) is 1. The van der Waals surface area contributed by atoms with Gasteiger partial charge in [-0.1, -0.05) is 38.5 Å². The number of hydrogen-bond donors (Lipinski definition) is 1. The molecule has 0 saturated carbocycles. The molecule has 0 fully saturated rings. The number of amides is 1. The van der Waals surface area contributed by atoms with Crippen molar-refractivity contribution >= 4 is 17.2 Å². The SMILES string of the molecule is CCCCc1ccc(NC(=O)c2c(CC)nc3ccc(C)cn23)cc1. The van der Waals surface area contributed by atoms with E-state index in [2.05, 4.69) is 29.4 Å². The molecule has 130 valence electrons. The highest BCUT2D eigenvalue weighted by Gasteiger charge is 2.18. The Hall–Kier alpha value is -2.62. The fourth-order valence-corrected chi connectivity index (χ4v) is 3.01. The lowest BCUT2D eigenvalue weighted by atomic mass is 10.1. The molecular formula is C21H25N3O. The lowest BCUT2D eigenvalue weighted by Gasteiger charge is -2.08. The standard InChI is InChI=1S/C21H25N3O/c1-4-6-7-16-9-11-17(12-10-16)22-21(25)20-18(5-2)23-19-13-8-15(3)14-24(19)20/h8-14H,4-7H2,1-3H3,(H,22,25). The van der Waals surface area contributed by atoms with Gasteiger partial charge in [0.2, 0.25) is 0 Å². The van der Waals surface area contributed by atoms with E-state index in [1.165, 1.54) is 18.4 Å². The number of nitrogens with zero attached hydrogens (tertiary/aromatic N) is 2. The number of rotatable bonds is 6. The van der Waals surface area contributed by atoms with E-state index in [1.54, 1.807) is 0 Å². The Balaban J connectivity index is 1.85. The van der Waals surface area contributed by atoms with Crippen LogP contribution in [0.15, 0.2) is 42.6 Å². The van der Waals surface area contributed by atoms with E-state index in [4.69, 9.17) is 0 Å². The molecule has 1 amide bonds. The number of carbonyl (C=O) groups is 1. The Bertz CT molecular complexity index is 878. The van der Waals surface area contributed by atoms with Crippen molar-refractivity contribution in [1.82, 2.24) is 9.38 Å². The molecule has 0 saturated heterocycles. The van der Waals surface area contributed by atoms with Crippen molar-refractivity contribution in [1.29, 1.82) is 0 Å². The summed E-state index contributed by atoms with van der Waals surface area (Å²) in [5.41, 5.74) is 5.47. The number of aromatic nitrogens is 2. The minimum Gasteiger partial charge on any atom is -0.321 e. The molecule has 4 nitrogen and oxygen atoms in total. The van der Waals surface area contributed by atoms with E-state index >= 15 is 0 Å². The summed E-state index contributed by atoms with van der Waals surface area (Å²) in [4.78, 5) is 17.5. The predicted octanol–water partition coefficient (Wildman–Crippen LogP) is 4.80. The number of imidazole rings is 1. The third-order valence-electron chi connectivity index (χ3n) is 4.42. The van der Waals surface area contributed by atoms with Gasteiger partial charge in [-0.2, -0.15) is 0 Å². The molecule has 0 spiro atoms. The van der Waals surface area contributed by atoms with E-state index in [-0.39, 0.29) is 5.91 Å². The number of benzene rings is 1. The summed E-state index contributed by atoms with van der Waals surface area (Å²) in [6.45, 7) is 6.23. The van der Waals surface area contributed by atoms with E-state index in [9.17, 15) is 4.79 Å². The molecule has 2 aromatic heterocycles. The minimum atomic E-state index is -0.115. The first kappa shape index (κ1) is 17.2. The molecule has 0 aliphatic rings. The van der Waals surface area contributed by atoms with Gasteiger partial charge < -0.3 is 5.32 Å². The minimum absolute atomic E-state index is 0.115. The Morgan fingerprint density at radius 3 is 2.56 bits per heavy atom. The van der Waals surface area contributed by atoms with Crippen LogP contribution in [-0.4, -0.2) is 15.3 Å². The first-order valence-electron chi connectivity index (χ1n) is 9.00. The highest BCUT2D eigenvalue weighted by atomic mass is 16.2.